The molecule has 0 saturated heterocycles. The first-order valence-corrected chi connectivity index (χ1v) is 7.11. The van der Waals surface area contributed by atoms with Gasteiger partial charge < -0.3 is 14.8 Å². The van der Waals surface area contributed by atoms with E-state index in [1.54, 1.807) is 11.4 Å². The first-order chi connectivity index (χ1) is 9.09. The van der Waals surface area contributed by atoms with Crippen LogP contribution < -0.4 is 5.32 Å². The normalized spacial score (nSPS) is 10.5. The van der Waals surface area contributed by atoms with E-state index in [-0.39, 0.29) is 37.6 Å². The summed E-state index contributed by atoms with van der Waals surface area (Å²) in [4.78, 5) is 22.9. The topological polar surface area (TPSA) is 64.6 Å². The van der Waals surface area contributed by atoms with Crippen LogP contribution in [0.1, 0.15) is 30.6 Å². The molecule has 0 aliphatic rings. The highest BCUT2D eigenvalue weighted by atomic mass is 32.1. The molecule has 1 rings (SSSR count). The van der Waals surface area contributed by atoms with Gasteiger partial charge in [0.05, 0.1) is 19.1 Å². The van der Waals surface area contributed by atoms with E-state index in [9.17, 15) is 9.59 Å². The molecule has 6 heteroatoms. The monoisotopic (exact) mass is 285 g/mol. The number of carbonyl (C=O) groups excluding carboxylic acids is 2. The van der Waals surface area contributed by atoms with Crippen molar-refractivity contribution in [2.24, 2.45) is 0 Å². The van der Waals surface area contributed by atoms with Crippen LogP contribution in [0.15, 0.2) is 16.8 Å². The average molecular weight is 285 g/mol. The van der Waals surface area contributed by atoms with Crippen LogP contribution in [0.3, 0.4) is 0 Å². The highest BCUT2D eigenvalue weighted by Crippen LogP contribution is 2.05. The molecule has 1 N–H and O–H groups in total. The lowest BCUT2D eigenvalue weighted by Crippen LogP contribution is -2.26. The number of hydrogen-bond donors (Lipinski definition) is 1. The Balaban J connectivity index is 2.06. The molecule has 0 saturated carbocycles. The van der Waals surface area contributed by atoms with Crippen molar-refractivity contribution in [1.82, 2.24) is 5.32 Å². The number of thiophene rings is 1. The number of amides is 1. The van der Waals surface area contributed by atoms with E-state index < -0.39 is 0 Å². The van der Waals surface area contributed by atoms with E-state index in [1.807, 2.05) is 19.2 Å². The summed E-state index contributed by atoms with van der Waals surface area (Å²) in [7, 11) is 0. The third-order valence-corrected chi connectivity index (χ3v) is 2.88. The fraction of sp³-hybridized carbons (Fsp3) is 0.538. The largest absolute Gasteiger partial charge is 0.463 e. The molecule has 0 aromatic carbocycles. The second-order valence-electron chi connectivity index (χ2n) is 4.16. The highest BCUT2D eigenvalue weighted by Gasteiger charge is 2.07. The van der Waals surface area contributed by atoms with Crippen molar-refractivity contribution in [3.8, 4) is 0 Å². The SMILES string of the molecule is CC(C)OCCOC(=O)CCNC(=O)c1ccsc1. The lowest BCUT2D eigenvalue weighted by atomic mass is 10.3. The van der Waals surface area contributed by atoms with Crippen molar-refractivity contribution >= 4 is 23.2 Å². The maximum atomic E-state index is 11.5. The van der Waals surface area contributed by atoms with Crippen molar-refractivity contribution < 1.29 is 19.1 Å². The molecule has 5 nitrogen and oxygen atoms in total. The maximum Gasteiger partial charge on any atom is 0.307 e. The Labute approximate surface area is 116 Å². The van der Waals surface area contributed by atoms with Crippen molar-refractivity contribution in [3.05, 3.63) is 22.4 Å². The van der Waals surface area contributed by atoms with Gasteiger partial charge in [0.15, 0.2) is 0 Å². The molecule has 0 spiro atoms. The van der Waals surface area contributed by atoms with Gasteiger partial charge in [-0.3, -0.25) is 9.59 Å². The quantitative estimate of drug-likeness (QED) is 0.584. The summed E-state index contributed by atoms with van der Waals surface area (Å²) in [6.07, 6.45) is 0.293. The summed E-state index contributed by atoms with van der Waals surface area (Å²) in [5, 5.41) is 6.25. The molecule has 1 heterocycles. The Morgan fingerprint density at radius 1 is 1.37 bits per heavy atom. The second-order valence-corrected chi connectivity index (χ2v) is 4.94. The zero-order valence-electron chi connectivity index (χ0n) is 11.2. The van der Waals surface area contributed by atoms with Crippen molar-refractivity contribution in [2.75, 3.05) is 19.8 Å². The minimum absolute atomic E-state index is 0.128. The first kappa shape index (κ1) is 15.7. The summed E-state index contributed by atoms with van der Waals surface area (Å²) >= 11 is 1.46. The molecule has 19 heavy (non-hydrogen) atoms. The smallest absolute Gasteiger partial charge is 0.307 e. The Morgan fingerprint density at radius 3 is 2.79 bits per heavy atom. The van der Waals surface area contributed by atoms with Crippen molar-refractivity contribution in [2.45, 2.75) is 26.4 Å². The summed E-state index contributed by atoms with van der Waals surface area (Å²) in [5.41, 5.74) is 0.615. The molecule has 1 amide bonds. The number of rotatable bonds is 8. The Morgan fingerprint density at radius 2 is 2.16 bits per heavy atom. The standard InChI is InChI=1S/C13H19NO4S/c1-10(2)17-6-7-18-12(15)3-5-14-13(16)11-4-8-19-9-11/h4,8-10H,3,5-7H2,1-2H3,(H,14,16). The minimum atomic E-state index is -0.335. The average Bonchev–Trinajstić information content (AvgIpc) is 2.88. The van der Waals surface area contributed by atoms with Crippen LogP contribution in [0.2, 0.25) is 0 Å². The van der Waals surface area contributed by atoms with Gasteiger partial charge in [0, 0.05) is 17.5 Å². The van der Waals surface area contributed by atoms with E-state index in [0.717, 1.165) is 0 Å². The number of esters is 1. The Kier molecular flexibility index (Phi) is 7.14. The fourth-order valence-corrected chi connectivity index (χ4v) is 1.92. The van der Waals surface area contributed by atoms with Gasteiger partial charge in [-0.1, -0.05) is 0 Å². The van der Waals surface area contributed by atoms with Gasteiger partial charge in [0.1, 0.15) is 6.61 Å². The van der Waals surface area contributed by atoms with Crippen molar-refractivity contribution in [3.63, 3.8) is 0 Å². The molecular weight excluding hydrogens is 266 g/mol. The Hall–Kier alpha value is -1.40. The van der Waals surface area contributed by atoms with Crippen LogP contribution in [0, 0.1) is 0 Å². The van der Waals surface area contributed by atoms with Gasteiger partial charge in [-0.25, -0.2) is 0 Å². The maximum absolute atomic E-state index is 11.5. The fourth-order valence-electron chi connectivity index (χ4n) is 1.29. The van der Waals surface area contributed by atoms with Gasteiger partial charge in [-0.15, -0.1) is 0 Å². The van der Waals surface area contributed by atoms with Crippen LogP contribution in [0.5, 0.6) is 0 Å². The van der Waals surface area contributed by atoms with Crippen LogP contribution in [0.25, 0.3) is 0 Å². The molecular formula is C13H19NO4S. The molecule has 106 valence electrons. The van der Waals surface area contributed by atoms with Crippen LogP contribution in [-0.4, -0.2) is 37.7 Å². The van der Waals surface area contributed by atoms with E-state index in [0.29, 0.717) is 12.2 Å². The van der Waals surface area contributed by atoms with Gasteiger partial charge in [0.2, 0.25) is 0 Å². The van der Waals surface area contributed by atoms with Crippen LogP contribution in [0.4, 0.5) is 0 Å². The third-order valence-electron chi connectivity index (χ3n) is 2.20. The van der Waals surface area contributed by atoms with Crippen LogP contribution >= 0.6 is 11.3 Å². The zero-order valence-corrected chi connectivity index (χ0v) is 12.0. The third kappa shape index (κ3) is 6.93. The molecule has 1 aromatic rings. The van der Waals surface area contributed by atoms with E-state index in [1.165, 1.54) is 11.3 Å². The predicted octanol–water partition coefficient (Wildman–Crippen LogP) is 1.84. The lowest BCUT2D eigenvalue weighted by molar-refractivity contribution is -0.145. The summed E-state index contributed by atoms with van der Waals surface area (Å²) in [6.45, 7) is 4.75. The van der Waals surface area contributed by atoms with Gasteiger partial charge in [0.25, 0.3) is 5.91 Å². The number of hydrogen-bond acceptors (Lipinski definition) is 5. The number of carbonyl (C=O) groups is 2. The molecule has 0 aliphatic heterocycles. The highest BCUT2D eigenvalue weighted by molar-refractivity contribution is 7.08. The summed E-state index contributed by atoms with van der Waals surface area (Å²) in [6, 6.07) is 1.74. The summed E-state index contributed by atoms with van der Waals surface area (Å²) < 4.78 is 10.2. The molecule has 0 unspecified atom stereocenters. The zero-order chi connectivity index (χ0) is 14.1. The van der Waals surface area contributed by atoms with E-state index in [2.05, 4.69) is 5.32 Å². The number of ether oxygens (including phenoxy) is 2. The molecule has 0 atom stereocenters. The lowest BCUT2D eigenvalue weighted by Gasteiger charge is -2.08. The van der Waals surface area contributed by atoms with Crippen LogP contribution in [-0.2, 0) is 14.3 Å². The van der Waals surface area contributed by atoms with Gasteiger partial charge in [-0.2, -0.15) is 11.3 Å². The van der Waals surface area contributed by atoms with E-state index >= 15 is 0 Å². The van der Waals surface area contributed by atoms with Crippen molar-refractivity contribution in [1.29, 1.82) is 0 Å². The molecule has 0 fully saturated rings. The van der Waals surface area contributed by atoms with Gasteiger partial charge >= 0.3 is 5.97 Å². The second kappa shape index (κ2) is 8.66. The molecule has 0 aliphatic carbocycles. The predicted molar refractivity (Wildman–Crippen MR) is 73.3 cm³/mol. The molecule has 1 aromatic heterocycles. The summed E-state index contributed by atoms with van der Waals surface area (Å²) in [5.74, 6) is -0.504. The molecule has 0 radical (unpaired) electrons. The minimum Gasteiger partial charge on any atom is -0.463 e. The van der Waals surface area contributed by atoms with Gasteiger partial charge in [-0.05, 0) is 25.3 Å². The molecule has 0 bridgehead atoms. The first-order valence-electron chi connectivity index (χ1n) is 6.17. The number of nitrogens with one attached hydrogen (secondary N) is 1. The van der Waals surface area contributed by atoms with E-state index in [4.69, 9.17) is 9.47 Å². The Bertz CT molecular complexity index is 389.